The topological polar surface area (TPSA) is 71.2 Å². The molecule has 5 rings (SSSR count). The van der Waals surface area contributed by atoms with E-state index in [0.29, 0.717) is 11.7 Å². The Bertz CT molecular complexity index is 931. The monoisotopic (exact) mass is 465 g/mol. The lowest BCUT2D eigenvalue weighted by atomic mass is 9.90. The zero-order chi connectivity index (χ0) is 23.5. The number of hydrogen-bond acceptors (Lipinski definition) is 6. The van der Waals surface area contributed by atoms with Gasteiger partial charge in [-0.15, -0.1) is 0 Å². The van der Waals surface area contributed by atoms with Gasteiger partial charge in [-0.3, -0.25) is 4.90 Å². The number of anilines is 1. The molecule has 0 bridgehead atoms. The largest absolute Gasteiger partial charge is 0.399 e. The summed E-state index contributed by atoms with van der Waals surface area (Å²) in [5.41, 5.74) is 9.80. The summed E-state index contributed by atoms with van der Waals surface area (Å²) in [6.45, 7) is 8.04. The number of likely N-dealkylation sites (tertiary alicyclic amines) is 2. The molecule has 6 heteroatoms. The van der Waals surface area contributed by atoms with Crippen LogP contribution in [0.4, 0.5) is 5.69 Å². The van der Waals surface area contributed by atoms with Crippen molar-refractivity contribution in [3.8, 4) is 0 Å². The number of aliphatic hydroxyl groups is 1. The van der Waals surface area contributed by atoms with Crippen LogP contribution >= 0.6 is 0 Å². The maximum absolute atomic E-state index is 9.46. The number of nitrogen functional groups attached to an aromatic ring is 1. The first kappa shape index (κ1) is 23.8. The Morgan fingerprint density at radius 3 is 2.47 bits per heavy atom. The Balaban J connectivity index is 1.36. The van der Waals surface area contributed by atoms with Crippen LogP contribution in [0.1, 0.15) is 61.7 Å². The van der Waals surface area contributed by atoms with Gasteiger partial charge in [0.2, 0.25) is 0 Å². The van der Waals surface area contributed by atoms with E-state index in [4.69, 9.17) is 15.2 Å². The van der Waals surface area contributed by atoms with E-state index in [2.05, 4.69) is 28.9 Å². The molecule has 34 heavy (non-hydrogen) atoms. The Morgan fingerprint density at radius 2 is 1.74 bits per heavy atom. The first-order valence-electron chi connectivity index (χ1n) is 12.9. The molecule has 0 aromatic heterocycles. The Labute approximate surface area is 203 Å². The third-order valence-corrected chi connectivity index (χ3v) is 7.89. The Kier molecular flexibility index (Phi) is 7.52. The molecule has 0 saturated carbocycles. The lowest BCUT2D eigenvalue weighted by Gasteiger charge is -2.43. The van der Waals surface area contributed by atoms with Crippen LogP contribution < -0.4 is 5.73 Å². The molecule has 0 amide bonds. The fraction of sp³-hybridized carbons (Fsp3) is 0.571. The molecule has 0 unspecified atom stereocenters. The van der Waals surface area contributed by atoms with Gasteiger partial charge < -0.3 is 25.2 Å². The second-order valence-corrected chi connectivity index (χ2v) is 10.3. The zero-order valence-electron chi connectivity index (χ0n) is 20.3. The second-order valence-electron chi connectivity index (χ2n) is 10.3. The van der Waals surface area contributed by atoms with Gasteiger partial charge in [-0.05, 0) is 68.6 Å². The van der Waals surface area contributed by atoms with E-state index in [-0.39, 0.29) is 24.7 Å². The van der Waals surface area contributed by atoms with Crippen LogP contribution in [0.25, 0.3) is 0 Å². The number of aliphatic hydroxyl groups excluding tert-OH is 1. The molecule has 184 valence electrons. The number of ether oxygens (including phenoxy) is 2. The number of nitrogens with zero attached hydrogens (tertiary/aromatic N) is 2. The van der Waals surface area contributed by atoms with Crippen molar-refractivity contribution in [2.24, 2.45) is 5.92 Å². The second kappa shape index (κ2) is 10.8. The first-order chi connectivity index (χ1) is 16.6. The maximum Gasteiger partial charge on any atom is 0.185 e. The van der Waals surface area contributed by atoms with Crippen molar-refractivity contribution < 1.29 is 14.6 Å². The van der Waals surface area contributed by atoms with Crippen molar-refractivity contribution in [3.05, 3.63) is 65.2 Å². The lowest BCUT2D eigenvalue weighted by molar-refractivity contribution is -0.276. The van der Waals surface area contributed by atoms with Crippen LogP contribution in [0, 0.1) is 5.92 Å². The third-order valence-electron chi connectivity index (χ3n) is 7.89. The van der Waals surface area contributed by atoms with Gasteiger partial charge in [0.1, 0.15) is 0 Å². The SMILES string of the molecule is C[C@@H]1[C@H](CN2CCC[C@H]2CN2CCCC2)O[C@H](c2cccc(N)c2)O[C@@H]1c1ccc(CO)cc1. The van der Waals surface area contributed by atoms with Crippen LogP contribution in [-0.4, -0.2) is 59.8 Å². The fourth-order valence-electron chi connectivity index (χ4n) is 5.87. The molecule has 0 aliphatic carbocycles. The highest BCUT2D eigenvalue weighted by molar-refractivity contribution is 5.41. The van der Waals surface area contributed by atoms with Gasteiger partial charge >= 0.3 is 0 Å². The molecule has 0 spiro atoms. The van der Waals surface area contributed by atoms with Gasteiger partial charge in [0.05, 0.1) is 18.8 Å². The van der Waals surface area contributed by atoms with Gasteiger partial charge in [0, 0.05) is 36.3 Å². The minimum Gasteiger partial charge on any atom is -0.399 e. The van der Waals surface area contributed by atoms with E-state index in [0.717, 1.165) is 29.8 Å². The van der Waals surface area contributed by atoms with Gasteiger partial charge in [0.25, 0.3) is 0 Å². The highest BCUT2D eigenvalue weighted by Crippen LogP contribution is 2.42. The minimum absolute atomic E-state index is 0.0480. The molecular formula is C28H39N3O3. The highest BCUT2D eigenvalue weighted by atomic mass is 16.7. The normalized spacial score (nSPS) is 30.7. The van der Waals surface area contributed by atoms with Crippen LogP contribution in [0.5, 0.6) is 0 Å². The molecule has 2 aromatic rings. The van der Waals surface area contributed by atoms with E-state index >= 15 is 0 Å². The van der Waals surface area contributed by atoms with Gasteiger partial charge in [-0.2, -0.15) is 0 Å². The standard InChI is InChI=1S/C28H39N3O3/c1-20-26(18-31-15-5-8-25(31)17-30-13-2-3-14-30)33-28(23-6-4-7-24(29)16-23)34-27(20)22-11-9-21(19-32)10-12-22/h4,6-7,9-12,16,20,25-28,32H,2-3,5,8,13-15,17-19,29H2,1H3/t20-,25+,26+,27+,28+/m1/s1. The van der Waals surface area contributed by atoms with Crippen molar-refractivity contribution in [3.63, 3.8) is 0 Å². The van der Waals surface area contributed by atoms with Gasteiger partial charge in [0.15, 0.2) is 6.29 Å². The molecule has 3 aliphatic rings. The molecule has 3 heterocycles. The van der Waals surface area contributed by atoms with Crippen LogP contribution in [0.3, 0.4) is 0 Å². The summed E-state index contributed by atoms with van der Waals surface area (Å²) in [7, 11) is 0. The fourth-order valence-corrected chi connectivity index (χ4v) is 5.87. The van der Waals surface area contributed by atoms with E-state index in [9.17, 15) is 5.11 Å². The Morgan fingerprint density at radius 1 is 0.941 bits per heavy atom. The quantitative estimate of drug-likeness (QED) is 0.600. The highest BCUT2D eigenvalue weighted by Gasteiger charge is 2.40. The summed E-state index contributed by atoms with van der Waals surface area (Å²) in [6.07, 6.45) is 4.74. The molecule has 5 atom stereocenters. The summed E-state index contributed by atoms with van der Waals surface area (Å²) in [6, 6.07) is 16.6. The minimum atomic E-state index is -0.452. The van der Waals surface area contributed by atoms with Gasteiger partial charge in [-0.1, -0.05) is 43.3 Å². The van der Waals surface area contributed by atoms with E-state index in [1.165, 1.54) is 45.3 Å². The van der Waals surface area contributed by atoms with Crippen molar-refractivity contribution in [1.29, 1.82) is 0 Å². The maximum atomic E-state index is 9.46. The van der Waals surface area contributed by atoms with Crippen molar-refractivity contribution in [2.45, 2.75) is 63.8 Å². The van der Waals surface area contributed by atoms with Gasteiger partial charge in [-0.25, -0.2) is 0 Å². The van der Waals surface area contributed by atoms with Crippen molar-refractivity contribution >= 4 is 5.69 Å². The summed E-state index contributed by atoms with van der Waals surface area (Å²) in [5, 5.41) is 9.46. The molecule has 3 N–H and O–H groups in total. The summed E-state index contributed by atoms with van der Waals surface area (Å²) in [5.74, 6) is 0.199. The number of rotatable bonds is 7. The average Bonchev–Trinajstić information content (AvgIpc) is 3.53. The summed E-state index contributed by atoms with van der Waals surface area (Å²) in [4.78, 5) is 5.30. The summed E-state index contributed by atoms with van der Waals surface area (Å²) >= 11 is 0. The van der Waals surface area contributed by atoms with Crippen LogP contribution in [-0.2, 0) is 16.1 Å². The molecule has 3 fully saturated rings. The molecule has 3 aliphatic heterocycles. The van der Waals surface area contributed by atoms with E-state index in [1.807, 2.05) is 36.4 Å². The predicted octanol–water partition coefficient (Wildman–Crippen LogP) is 4.11. The smallest absolute Gasteiger partial charge is 0.185 e. The lowest BCUT2D eigenvalue weighted by Crippen LogP contribution is -2.48. The third kappa shape index (κ3) is 5.31. The number of nitrogens with two attached hydrogens (primary N) is 1. The summed E-state index contributed by atoms with van der Waals surface area (Å²) < 4.78 is 13.2. The average molecular weight is 466 g/mol. The molecule has 6 nitrogen and oxygen atoms in total. The molecule has 2 aromatic carbocycles. The number of hydrogen-bond donors (Lipinski definition) is 2. The van der Waals surface area contributed by atoms with E-state index in [1.54, 1.807) is 0 Å². The number of benzene rings is 2. The molecular weight excluding hydrogens is 426 g/mol. The first-order valence-corrected chi connectivity index (χ1v) is 12.9. The van der Waals surface area contributed by atoms with Crippen molar-refractivity contribution in [2.75, 3.05) is 38.5 Å². The predicted molar refractivity (Wildman–Crippen MR) is 134 cm³/mol. The molecule has 0 radical (unpaired) electrons. The van der Waals surface area contributed by atoms with Crippen LogP contribution in [0.2, 0.25) is 0 Å². The van der Waals surface area contributed by atoms with E-state index < -0.39 is 6.29 Å². The Hall–Kier alpha value is -1.96. The van der Waals surface area contributed by atoms with Crippen molar-refractivity contribution in [1.82, 2.24) is 9.80 Å². The molecule has 3 saturated heterocycles. The zero-order valence-corrected chi connectivity index (χ0v) is 20.3. The van der Waals surface area contributed by atoms with Crippen LogP contribution in [0.15, 0.2) is 48.5 Å².